The summed E-state index contributed by atoms with van der Waals surface area (Å²) < 4.78 is 4.49. The Balaban J connectivity index is 2.76. The lowest BCUT2D eigenvalue weighted by atomic mass is 10.0. The van der Waals surface area contributed by atoms with Crippen LogP contribution in [0.3, 0.4) is 0 Å². The zero-order valence-corrected chi connectivity index (χ0v) is 9.54. The number of carbonyl (C=O) groups excluding carboxylic acids is 1. The Morgan fingerprint density at radius 3 is 2.71 bits per heavy atom. The Labute approximate surface area is 99.0 Å². The van der Waals surface area contributed by atoms with Crippen molar-refractivity contribution < 1.29 is 19.7 Å². The van der Waals surface area contributed by atoms with Crippen molar-refractivity contribution in [1.29, 1.82) is 0 Å². The summed E-state index contributed by atoms with van der Waals surface area (Å²) in [5.74, 6) is -0.548. The van der Waals surface area contributed by atoms with Gasteiger partial charge in [-0.25, -0.2) is 9.78 Å². The predicted octanol–water partition coefficient (Wildman–Crippen LogP) is -0.389. The van der Waals surface area contributed by atoms with Crippen molar-refractivity contribution in [2.24, 2.45) is 5.73 Å². The zero-order chi connectivity index (χ0) is 12.8. The molecule has 94 valence electrons. The molecule has 0 amide bonds. The second-order valence-electron chi connectivity index (χ2n) is 3.56. The molecule has 2 atom stereocenters. The first-order chi connectivity index (χ1) is 8.10. The van der Waals surface area contributed by atoms with E-state index in [1.807, 2.05) is 0 Å². The fourth-order valence-corrected chi connectivity index (χ4v) is 1.36. The molecule has 0 aliphatic rings. The highest BCUT2D eigenvalue weighted by Crippen LogP contribution is 2.18. The summed E-state index contributed by atoms with van der Waals surface area (Å²) in [7, 11) is 1.26. The van der Waals surface area contributed by atoms with Gasteiger partial charge in [0.05, 0.1) is 13.2 Å². The Kier molecular flexibility index (Phi) is 5.02. The number of pyridine rings is 1. The molecule has 6 nitrogen and oxygen atoms in total. The van der Waals surface area contributed by atoms with Crippen molar-refractivity contribution in [3.05, 3.63) is 29.6 Å². The van der Waals surface area contributed by atoms with Crippen LogP contribution in [-0.4, -0.2) is 40.9 Å². The quantitative estimate of drug-likeness (QED) is 0.605. The van der Waals surface area contributed by atoms with E-state index in [9.17, 15) is 15.0 Å². The molecule has 2 unspecified atom stereocenters. The predicted molar refractivity (Wildman–Crippen MR) is 60.2 cm³/mol. The molecule has 0 saturated heterocycles. The summed E-state index contributed by atoms with van der Waals surface area (Å²) in [6, 6.07) is 2.95. The van der Waals surface area contributed by atoms with Crippen LogP contribution in [0.1, 0.15) is 28.6 Å². The molecule has 6 heteroatoms. The largest absolute Gasteiger partial charge is 0.464 e. The average Bonchev–Trinajstić information content (AvgIpc) is 2.37. The number of esters is 1. The molecule has 0 aliphatic heterocycles. The summed E-state index contributed by atoms with van der Waals surface area (Å²) in [6.45, 7) is 0.284. The smallest absolute Gasteiger partial charge is 0.356 e. The molecule has 0 aliphatic carbocycles. The van der Waals surface area contributed by atoms with Gasteiger partial charge in [0, 0.05) is 11.8 Å². The van der Waals surface area contributed by atoms with E-state index in [1.54, 1.807) is 0 Å². The van der Waals surface area contributed by atoms with Gasteiger partial charge in [0.1, 0.15) is 11.8 Å². The highest BCUT2D eigenvalue weighted by atomic mass is 16.5. The van der Waals surface area contributed by atoms with Crippen molar-refractivity contribution in [2.75, 3.05) is 13.7 Å². The number of aliphatic hydroxyl groups is 2. The van der Waals surface area contributed by atoms with Crippen molar-refractivity contribution in [3.8, 4) is 0 Å². The molecule has 0 saturated carbocycles. The second kappa shape index (κ2) is 6.29. The summed E-state index contributed by atoms with van der Waals surface area (Å²) in [6.07, 6.45) is -0.375. The summed E-state index contributed by atoms with van der Waals surface area (Å²) in [5, 5.41) is 19.3. The van der Waals surface area contributed by atoms with E-state index in [-0.39, 0.29) is 12.2 Å². The number of nitrogens with zero attached hydrogens (tertiary/aromatic N) is 1. The van der Waals surface area contributed by atoms with Gasteiger partial charge in [0.25, 0.3) is 0 Å². The first-order valence-corrected chi connectivity index (χ1v) is 5.20. The third kappa shape index (κ3) is 3.48. The number of aromatic nitrogens is 1. The lowest BCUT2D eigenvalue weighted by Gasteiger charge is -2.17. The van der Waals surface area contributed by atoms with Crippen molar-refractivity contribution in [3.63, 3.8) is 0 Å². The number of ether oxygens (including phenoxy) is 1. The van der Waals surface area contributed by atoms with E-state index in [0.717, 1.165) is 0 Å². The lowest BCUT2D eigenvalue weighted by molar-refractivity contribution is 0.0148. The molecule has 0 radical (unpaired) electrons. The van der Waals surface area contributed by atoms with Crippen molar-refractivity contribution in [2.45, 2.75) is 18.6 Å². The Morgan fingerprint density at radius 2 is 2.24 bits per heavy atom. The first-order valence-electron chi connectivity index (χ1n) is 5.20. The number of hydrogen-bond acceptors (Lipinski definition) is 6. The average molecular weight is 240 g/mol. The molecule has 1 aromatic rings. The highest BCUT2D eigenvalue weighted by molar-refractivity contribution is 5.86. The van der Waals surface area contributed by atoms with E-state index < -0.39 is 18.2 Å². The van der Waals surface area contributed by atoms with E-state index in [2.05, 4.69) is 9.72 Å². The van der Waals surface area contributed by atoms with Crippen LogP contribution in [-0.2, 0) is 4.74 Å². The maximum Gasteiger partial charge on any atom is 0.356 e. The van der Waals surface area contributed by atoms with Crippen LogP contribution in [0.25, 0.3) is 0 Å². The van der Waals surface area contributed by atoms with Gasteiger partial charge in [-0.1, -0.05) is 6.07 Å². The summed E-state index contributed by atoms with van der Waals surface area (Å²) in [4.78, 5) is 15.0. The van der Waals surface area contributed by atoms with Crippen LogP contribution in [0.5, 0.6) is 0 Å². The van der Waals surface area contributed by atoms with E-state index >= 15 is 0 Å². The Morgan fingerprint density at radius 1 is 1.53 bits per heavy atom. The Hall–Kier alpha value is -1.50. The van der Waals surface area contributed by atoms with Crippen molar-refractivity contribution in [1.82, 2.24) is 4.98 Å². The van der Waals surface area contributed by atoms with Gasteiger partial charge in [-0.15, -0.1) is 0 Å². The van der Waals surface area contributed by atoms with Crippen LogP contribution >= 0.6 is 0 Å². The third-order valence-corrected chi connectivity index (χ3v) is 2.35. The minimum Gasteiger partial charge on any atom is -0.464 e. The molecular weight excluding hydrogens is 224 g/mol. The van der Waals surface area contributed by atoms with Crippen LogP contribution in [0.2, 0.25) is 0 Å². The fourth-order valence-electron chi connectivity index (χ4n) is 1.36. The van der Waals surface area contributed by atoms with Gasteiger partial charge in [0.2, 0.25) is 0 Å². The highest BCUT2D eigenvalue weighted by Gasteiger charge is 2.18. The first kappa shape index (κ1) is 13.6. The second-order valence-corrected chi connectivity index (χ2v) is 3.56. The zero-order valence-electron chi connectivity index (χ0n) is 9.54. The summed E-state index contributed by atoms with van der Waals surface area (Å²) >= 11 is 0. The van der Waals surface area contributed by atoms with Gasteiger partial charge in [-0.05, 0) is 19.0 Å². The number of aliphatic hydroxyl groups excluding tert-OH is 2. The van der Waals surface area contributed by atoms with Gasteiger partial charge >= 0.3 is 5.97 Å². The van der Waals surface area contributed by atoms with Crippen LogP contribution < -0.4 is 5.73 Å². The molecule has 0 aromatic carbocycles. The number of hydrogen-bond donors (Lipinski definition) is 3. The van der Waals surface area contributed by atoms with Gasteiger partial charge in [-0.2, -0.15) is 0 Å². The van der Waals surface area contributed by atoms with Crippen LogP contribution in [0.15, 0.2) is 18.3 Å². The molecule has 1 heterocycles. The van der Waals surface area contributed by atoms with Gasteiger partial charge in [-0.3, -0.25) is 0 Å². The minimum atomic E-state index is -1.06. The number of rotatable bonds is 5. The third-order valence-electron chi connectivity index (χ3n) is 2.35. The van der Waals surface area contributed by atoms with E-state index in [0.29, 0.717) is 12.0 Å². The van der Waals surface area contributed by atoms with E-state index in [1.165, 1.54) is 25.4 Å². The van der Waals surface area contributed by atoms with Gasteiger partial charge < -0.3 is 20.7 Å². The van der Waals surface area contributed by atoms with E-state index in [4.69, 9.17) is 5.73 Å². The lowest BCUT2D eigenvalue weighted by Crippen LogP contribution is -2.22. The molecule has 0 bridgehead atoms. The number of methoxy groups -OCH3 is 1. The van der Waals surface area contributed by atoms with Crippen molar-refractivity contribution >= 4 is 5.97 Å². The maximum atomic E-state index is 11.1. The minimum absolute atomic E-state index is 0.150. The van der Waals surface area contributed by atoms with Gasteiger partial charge in [0.15, 0.2) is 0 Å². The normalized spacial score (nSPS) is 14.1. The molecular formula is C11H16N2O4. The fraction of sp³-hybridized carbons (Fsp3) is 0.455. The standard InChI is InChI=1S/C11H16N2O4/c1-17-11(16)8-3-2-7(6-13-8)10(15)9(14)4-5-12/h2-3,6,9-10,14-15H,4-5,12H2,1H3. The molecule has 1 rings (SSSR count). The molecule has 0 fully saturated rings. The Bertz CT molecular complexity index is 366. The molecule has 4 N–H and O–H groups in total. The maximum absolute atomic E-state index is 11.1. The molecule has 17 heavy (non-hydrogen) atoms. The van der Waals surface area contributed by atoms with Crippen LogP contribution in [0, 0.1) is 0 Å². The monoisotopic (exact) mass is 240 g/mol. The summed E-state index contributed by atoms with van der Waals surface area (Å²) in [5.41, 5.74) is 5.86. The van der Waals surface area contributed by atoms with Crippen LogP contribution in [0.4, 0.5) is 0 Å². The number of carbonyl (C=O) groups is 1. The topological polar surface area (TPSA) is 106 Å². The molecule has 0 spiro atoms. The molecule has 1 aromatic heterocycles. The number of nitrogens with two attached hydrogens (primary N) is 1. The SMILES string of the molecule is COC(=O)c1ccc(C(O)C(O)CCN)cn1.